The van der Waals surface area contributed by atoms with E-state index in [1.54, 1.807) is 6.33 Å². The second-order valence-corrected chi connectivity index (χ2v) is 6.44. The molecular formula is C18H21N5O. The molecular weight excluding hydrogens is 302 g/mol. The molecule has 3 aromatic rings. The molecule has 2 N–H and O–H groups in total. The lowest BCUT2D eigenvalue weighted by Crippen LogP contribution is -2.24. The van der Waals surface area contributed by atoms with Crippen molar-refractivity contribution in [3.05, 3.63) is 42.4 Å². The van der Waals surface area contributed by atoms with E-state index in [-0.39, 0.29) is 18.2 Å². The Bertz CT molecular complexity index is 858. The van der Waals surface area contributed by atoms with Crippen LogP contribution in [0.1, 0.15) is 38.1 Å². The molecule has 1 aliphatic rings. The molecule has 1 aliphatic heterocycles. The van der Waals surface area contributed by atoms with Crippen LogP contribution in [0.4, 0.5) is 0 Å². The van der Waals surface area contributed by atoms with Gasteiger partial charge in [0.1, 0.15) is 29.5 Å². The SMILES string of the molecule is CC(C)n1c(-c2ccccc2)nc2c(C3OCCC3N)ncnc21. The third-order valence-electron chi connectivity index (χ3n) is 4.46. The number of nitrogens with two attached hydrogens (primary N) is 1. The molecule has 6 nitrogen and oxygen atoms in total. The molecule has 0 saturated carbocycles. The van der Waals surface area contributed by atoms with E-state index in [9.17, 15) is 0 Å². The predicted molar refractivity (Wildman–Crippen MR) is 92.4 cm³/mol. The largest absolute Gasteiger partial charge is 0.370 e. The van der Waals surface area contributed by atoms with Gasteiger partial charge in [-0.15, -0.1) is 0 Å². The summed E-state index contributed by atoms with van der Waals surface area (Å²) in [5.41, 5.74) is 9.67. The molecule has 3 heterocycles. The maximum absolute atomic E-state index is 6.20. The van der Waals surface area contributed by atoms with Crippen molar-refractivity contribution in [1.29, 1.82) is 0 Å². The molecule has 0 radical (unpaired) electrons. The number of benzene rings is 1. The Hall–Kier alpha value is -2.31. The summed E-state index contributed by atoms with van der Waals surface area (Å²) in [7, 11) is 0. The maximum Gasteiger partial charge on any atom is 0.164 e. The molecule has 0 spiro atoms. The van der Waals surface area contributed by atoms with Gasteiger partial charge in [-0.2, -0.15) is 0 Å². The Kier molecular flexibility index (Phi) is 3.78. The van der Waals surface area contributed by atoms with E-state index >= 15 is 0 Å². The summed E-state index contributed by atoms with van der Waals surface area (Å²) in [5, 5.41) is 0. The van der Waals surface area contributed by atoms with Crippen LogP contribution in [0.5, 0.6) is 0 Å². The van der Waals surface area contributed by atoms with Gasteiger partial charge in [-0.3, -0.25) is 0 Å². The van der Waals surface area contributed by atoms with Crippen molar-refractivity contribution in [3.63, 3.8) is 0 Å². The fraction of sp³-hybridized carbons (Fsp3) is 0.389. The van der Waals surface area contributed by atoms with E-state index in [1.807, 2.05) is 18.2 Å². The van der Waals surface area contributed by atoms with E-state index < -0.39 is 0 Å². The summed E-state index contributed by atoms with van der Waals surface area (Å²) in [5.74, 6) is 0.897. The van der Waals surface area contributed by atoms with Crippen LogP contribution in [0.3, 0.4) is 0 Å². The summed E-state index contributed by atoms with van der Waals surface area (Å²) in [6, 6.07) is 10.3. The third-order valence-corrected chi connectivity index (χ3v) is 4.46. The fourth-order valence-corrected chi connectivity index (χ4v) is 3.30. The lowest BCUT2D eigenvalue weighted by Gasteiger charge is -2.14. The molecule has 2 atom stereocenters. The highest BCUT2D eigenvalue weighted by Gasteiger charge is 2.31. The molecule has 1 fully saturated rings. The standard InChI is InChI=1S/C18H21N5O/c1-11(2)23-17(12-6-4-3-5-7-12)22-15-14(20-10-21-18(15)23)16-13(19)8-9-24-16/h3-7,10-11,13,16H,8-9,19H2,1-2H3. The number of hydrogen-bond acceptors (Lipinski definition) is 5. The molecule has 0 aliphatic carbocycles. The average molecular weight is 323 g/mol. The first kappa shape index (κ1) is 15.2. The first-order valence-corrected chi connectivity index (χ1v) is 8.32. The molecule has 2 unspecified atom stereocenters. The highest BCUT2D eigenvalue weighted by molar-refractivity contribution is 5.79. The van der Waals surface area contributed by atoms with Gasteiger partial charge < -0.3 is 15.0 Å². The second kappa shape index (κ2) is 5.96. The molecule has 0 amide bonds. The summed E-state index contributed by atoms with van der Waals surface area (Å²) in [6.07, 6.45) is 2.21. The lowest BCUT2D eigenvalue weighted by atomic mass is 10.1. The van der Waals surface area contributed by atoms with Crippen molar-refractivity contribution in [1.82, 2.24) is 19.5 Å². The first-order valence-electron chi connectivity index (χ1n) is 8.32. The molecule has 2 aromatic heterocycles. The molecule has 6 heteroatoms. The molecule has 1 saturated heterocycles. The predicted octanol–water partition coefficient (Wildman–Crippen LogP) is 2.86. The topological polar surface area (TPSA) is 78.9 Å². The minimum Gasteiger partial charge on any atom is -0.370 e. The number of rotatable bonds is 3. The number of ether oxygens (including phenoxy) is 1. The molecule has 0 bridgehead atoms. The van der Waals surface area contributed by atoms with Gasteiger partial charge in [0, 0.05) is 24.3 Å². The van der Waals surface area contributed by atoms with Crippen LogP contribution in [0.15, 0.2) is 36.7 Å². The Morgan fingerprint density at radius 3 is 2.67 bits per heavy atom. The molecule has 4 rings (SSSR count). The maximum atomic E-state index is 6.20. The Morgan fingerprint density at radius 1 is 1.21 bits per heavy atom. The minimum absolute atomic E-state index is 0.0486. The van der Waals surface area contributed by atoms with Crippen molar-refractivity contribution < 1.29 is 4.74 Å². The van der Waals surface area contributed by atoms with E-state index in [4.69, 9.17) is 15.5 Å². The zero-order valence-corrected chi connectivity index (χ0v) is 13.9. The van der Waals surface area contributed by atoms with Crippen molar-refractivity contribution in [3.8, 4) is 11.4 Å². The van der Waals surface area contributed by atoms with Crippen molar-refractivity contribution in [2.45, 2.75) is 38.5 Å². The van der Waals surface area contributed by atoms with E-state index in [0.29, 0.717) is 6.61 Å². The molecule has 1 aromatic carbocycles. The van der Waals surface area contributed by atoms with Crippen LogP contribution in [0.2, 0.25) is 0 Å². The zero-order chi connectivity index (χ0) is 16.7. The van der Waals surface area contributed by atoms with Crippen LogP contribution in [-0.2, 0) is 4.74 Å². The van der Waals surface area contributed by atoms with Gasteiger partial charge in [0.15, 0.2) is 5.65 Å². The summed E-state index contributed by atoms with van der Waals surface area (Å²) >= 11 is 0. The van der Waals surface area contributed by atoms with Crippen molar-refractivity contribution >= 4 is 11.2 Å². The van der Waals surface area contributed by atoms with Crippen molar-refractivity contribution in [2.24, 2.45) is 5.73 Å². The number of hydrogen-bond donors (Lipinski definition) is 1. The lowest BCUT2D eigenvalue weighted by molar-refractivity contribution is 0.103. The van der Waals surface area contributed by atoms with E-state index in [0.717, 1.165) is 34.7 Å². The number of nitrogens with zero attached hydrogens (tertiary/aromatic N) is 4. The zero-order valence-electron chi connectivity index (χ0n) is 13.9. The molecule has 24 heavy (non-hydrogen) atoms. The minimum atomic E-state index is -0.213. The first-order chi connectivity index (χ1) is 11.7. The third kappa shape index (κ3) is 2.39. The quantitative estimate of drug-likeness (QED) is 0.802. The van der Waals surface area contributed by atoms with Crippen LogP contribution in [0.25, 0.3) is 22.6 Å². The summed E-state index contributed by atoms with van der Waals surface area (Å²) in [6.45, 7) is 4.92. The Balaban J connectivity index is 1.96. The van der Waals surface area contributed by atoms with Gasteiger partial charge in [0.2, 0.25) is 0 Å². The van der Waals surface area contributed by atoms with Gasteiger partial charge >= 0.3 is 0 Å². The smallest absolute Gasteiger partial charge is 0.164 e. The van der Waals surface area contributed by atoms with Crippen LogP contribution >= 0.6 is 0 Å². The van der Waals surface area contributed by atoms with Crippen LogP contribution in [-0.4, -0.2) is 32.2 Å². The van der Waals surface area contributed by atoms with E-state index in [1.165, 1.54) is 0 Å². The van der Waals surface area contributed by atoms with Crippen molar-refractivity contribution in [2.75, 3.05) is 6.61 Å². The Morgan fingerprint density at radius 2 is 2.00 bits per heavy atom. The van der Waals surface area contributed by atoms with Gasteiger partial charge in [0.25, 0.3) is 0 Å². The molecule has 124 valence electrons. The Labute approximate surface area is 140 Å². The van der Waals surface area contributed by atoms with Crippen LogP contribution < -0.4 is 5.73 Å². The number of aromatic nitrogens is 4. The fourth-order valence-electron chi connectivity index (χ4n) is 3.30. The monoisotopic (exact) mass is 323 g/mol. The highest BCUT2D eigenvalue weighted by atomic mass is 16.5. The van der Waals surface area contributed by atoms with Crippen LogP contribution in [0, 0.1) is 0 Å². The summed E-state index contributed by atoms with van der Waals surface area (Å²) < 4.78 is 7.96. The van der Waals surface area contributed by atoms with E-state index in [2.05, 4.69) is 40.5 Å². The summed E-state index contributed by atoms with van der Waals surface area (Å²) in [4.78, 5) is 13.8. The number of imidazole rings is 1. The van der Waals surface area contributed by atoms with Gasteiger partial charge in [-0.05, 0) is 20.3 Å². The second-order valence-electron chi connectivity index (χ2n) is 6.44. The van der Waals surface area contributed by atoms with Gasteiger partial charge in [-0.25, -0.2) is 15.0 Å². The van der Waals surface area contributed by atoms with Gasteiger partial charge in [-0.1, -0.05) is 30.3 Å². The highest BCUT2D eigenvalue weighted by Crippen LogP contribution is 2.33. The number of fused-ring (bicyclic) bond motifs is 1. The average Bonchev–Trinajstić information content (AvgIpc) is 3.18. The normalized spacial score (nSPS) is 21.0. The van der Waals surface area contributed by atoms with Gasteiger partial charge in [0.05, 0.1) is 0 Å².